The molecule has 0 saturated heterocycles. The van der Waals surface area contributed by atoms with Gasteiger partial charge < -0.3 is 10.1 Å². The molecule has 7 heteroatoms. The van der Waals surface area contributed by atoms with Crippen molar-refractivity contribution in [1.29, 1.82) is 0 Å². The number of carbonyl (C=O) groups excluding carboxylic acids is 2. The maximum absolute atomic E-state index is 12.5. The van der Waals surface area contributed by atoms with Crippen molar-refractivity contribution in [3.05, 3.63) is 69.8 Å². The van der Waals surface area contributed by atoms with E-state index in [0.29, 0.717) is 23.1 Å². The minimum atomic E-state index is -0.634. The molecule has 1 aromatic heterocycles. The lowest BCUT2D eigenvalue weighted by Crippen LogP contribution is -2.22. The quantitative estimate of drug-likeness (QED) is 0.676. The van der Waals surface area contributed by atoms with E-state index in [4.69, 9.17) is 4.74 Å². The van der Waals surface area contributed by atoms with Crippen molar-refractivity contribution in [1.82, 2.24) is 9.55 Å². The van der Waals surface area contributed by atoms with E-state index < -0.39 is 18.5 Å². The summed E-state index contributed by atoms with van der Waals surface area (Å²) < 4.78 is 6.79. The molecule has 2 aromatic carbocycles. The van der Waals surface area contributed by atoms with Crippen molar-refractivity contribution >= 4 is 28.5 Å². The molecule has 1 N–H and O–H groups in total. The van der Waals surface area contributed by atoms with Crippen molar-refractivity contribution in [2.75, 3.05) is 11.9 Å². The third kappa shape index (κ3) is 3.89. The maximum Gasteiger partial charge on any atom is 0.338 e. The topological polar surface area (TPSA) is 90.3 Å². The fourth-order valence-electron chi connectivity index (χ4n) is 3.45. The van der Waals surface area contributed by atoms with Gasteiger partial charge in [0.25, 0.3) is 11.5 Å². The van der Waals surface area contributed by atoms with Crippen molar-refractivity contribution < 1.29 is 14.3 Å². The third-order valence-corrected chi connectivity index (χ3v) is 5.03. The number of hydrogen-bond donors (Lipinski definition) is 1. The van der Waals surface area contributed by atoms with Gasteiger partial charge in [-0.3, -0.25) is 14.2 Å². The number of rotatable bonds is 5. The van der Waals surface area contributed by atoms with Gasteiger partial charge in [0.1, 0.15) is 5.82 Å². The largest absolute Gasteiger partial charge is 0.452 e. The third-order valence-electron chi connectivity index (χ3n) is 5.03. The normalized spacial score (nSPS) is 12.6. The SMILES string of the molecule is CCc1ccc(NC(=O)COC(=O)c2ccc3c(=O)n4c(nc3c2)CCC4)cc1. The Kier molecular flexibility index (Phi) is 5.12. The molecule has 7 nitrogen and oxygen atoms in total. The van der Waals surface area contributed by atoms with E-state index in [-0.39, 0.29) is 11.1 Å². The first-order valence-electron chi connectivity index (χ1n) is 9.64. The summed E-state index contributed by atoms with van der Waals surface area (Å²) in [7, 11) is 0. The van der Waals surface area contributed by atoms with E-state index in [9.17, 15) is 14.4 Å². The van der Waals surface area contributed by atoms with Gasteiger partial charge in [0.05, 0.1) is 16.5 Å². The molecule has 3 aromatic rings. The van der Waals surface area contributed by atoms with Crippen LogP contribution in [0.4, 0.5) is 5.69 Å². The average Bonchev–Trinajstić information content (AvgIpc) is 3.21. The van der Waals surface area contributed by atoms with Crippen LogP contribution in [0.15, 0.2) is 47.3 Å². The van der Waals surface area contributed by atoms with Crippen LogP contribution in [-0.2, 0) is 28.9 Å². The number of aromatic nitrogens is 2. The molecule has 2 heterocycles. The summed E-state index contributed by atoms with van der Waals surface area (Å²) in [5.74, 6) is -0.315. The lowest BCUT2D eigenvalue weighted by Gasteiger charge is -2.08. The summed E-state index contributed by atoms with van der Waals surface area (Å²) in [5.41, 5.74) is 2.46. The molecule has 148 valence electrons. The number of esters is 1. The molecule has 29 heavy (non-hydrogen) atoms. The number of benzene rings is 2. The van der Waals surface area contributed by atoms with Crippen LogP contribution in [0.3, 0.4) is 0 Å². The fourth-order valence-corrected chi connectivity index (χ4v) is 3.45. The lowest BCUT2D eigenvalue weighted by atomic mass is 10.1. The minimum Gasteiger partial charge on any atom is -0.452 e. The number of aryl methyl sites for hydroxylation is 2. The van der Waals surface area contributed by atoms with Crippen molar-refractivity contribution in [2.45, 2.75) is 32.7 Å². The summed E-state index contributed by atoms with van der Waals surface area (Å²) in [5, 5.41) is 3.17. The zero-order valence-corrected chi connectivity index (χ0v) is 16.1. The van der Waals surface area contributed by atoms with Crippen molar-refractivity contribution in [2.24, 2.45) is 0 Å². The lowest BCUT2D eigenvalue weighted by molar-refractivity contribution is -0.119. The Morgan fingerprint density at radius 2 is 1.97 bits per heavy atom. The van der Waals surface area contributed by atoms with E-state index in [1.807, 2.05) is 24.3 Å². The molecule has 0 radical (unpaired) electrons. The van der Waals surface area contributed by atoms with E-state index in [0.717, 1.165) is 25.1 Å². The first-order valence-corrected chi connectivity index (χ1v) is 9.64. The van der Waals surface area contributed by atoms with Crippen LogP contribution in [-0.4, -0.2) is 28.0 Å². The van der Waals surface area contributed by atoms with Gasteiger partial charge in [-0.05, 0) is 48.7 Å². The van der Waals surface area contributed by atoms with Crippen LogP contribution in [0.5, 0.6) is 0 Å². The predicted octanol–water partition coefficient (Wildman–Crippen LogP) is 2.70. The van der Waals surface area contributed by atoms with Crippen LogP contribution < -0.4 is 10.9 Å². The van der Waals surface area contributed by atoms with E-state index >= 15 is 0 Å². The standard InChI is InChI=1S/C22H21N3O4/c1-2-14-5-8-16(9-6-14)23-20(26)13-29-22(28)15-7-10-17-18(12-15)24-19-4-3-11-25(19)21(17)27/h5-10,12H,2-4,11,13H2,1H3,(H,23,26). The molecule has 0 spiro atoms. The molecule has 0 fully saturated rings. The first-order chi connectivity index (χ1) is 14.0. The number of nitrogens with zero attached hydrogens (tertiary/aromatic N) is 2. The molecule has 1 amide bonds. The molecule has 0 unspecified atom stereocenters. The predicted molar refractivity (Wildman–Crippen MR) is 109 cm³/mol. The first kappa shape index (κ1) is 18.9. The van der Waals surface area contributed by atoms with Gasteiger partial charge in [0.15, 0.2) is 6.61 Å². The van der Waals surface area contributed by atoms with Crippen LogP contribution >= 0.6 is 0 Å². The molecule has 0 bridgehead atoms. The molecule has 0 atom stereocenters. The van der Waals surface area contributed by atoms with Crippen LogP contribution in [0.2, 0.25) is 0 Å². The zero-order valence-electron chi connectivity index (χ0n) is 16.1. The van der Waals surface area contributed by atoms with E-state index in [1.165, 1.54) is 11.6 Å². The highest BCUT2D eigenvalue weighted by molar-refractivity contribution is 5.97. The van der Waals surface area contributed by atoms with E-state index in [2.05, 4.69) is 17.2 Å². The molecule has 4 rings (SSSR count). The molecular formula is C22H21N3O4. The highest BCUT2D eigenvalue weighted by Gasteiger charge is 2.18. The van der Waals surface area contributed by atoms with Crippen molar-refractivity contribution in [3.8, 4) is 0 Å². The summed E-state index contributed by atoms with van der Waals surface area (Å²) in [4.78, 5) is 41.4. The summed E-state index contributed by atoms with van der Waals surface area (Å²) in [6.45, 7) is 2.34. The fraction of sp³-hybridized carbons (Fsp3) is 0.273. The van der Waals surface area contributed by atoms with Gasteiger partial charge in [0.2, 0.25) is 0 Å². The van der Waals surface area contributed by atoms with Gasteiger partial charge in [-0.15, -0.1) is 0 Å². The zero-order chi connectivity index (χ0) is 20.4. The second-order valence-corrected chi connectivity index (χ2v) is 7.00. The maximum atomic E-state index is 12.5. The van der Waals surface area contributed by atoms with Gasteiger partial charge in [0, 0.05) is 18.7 Å². The number of anilines is 1. The monoisotopic (exact) mass is 391 g/mol. The van der Waals surface area contributed by atoms with Crippen LogP contribution in [0.1, 0.15) is 35.1 Å². The van der Waals surface area contributed by atoms with Gasteiger partial charge >= 0.3 is 5.97 Å². The number of amides is 1. The molecule has 0 aliphatic carbocycles. The van der Waals surface area contributed by atoms with Gasteiger partial charge in [-0.25, -0.2) is 9.78 Å². The number of hydrogen-bond acceptors (Lipinski definition) is 5. The highest BCUT2D eigenvalue weighted by Crippen LogP contribution is 2.17. The van der Waals surface area contributed by atoms with Crippen LogP contribution in [0, 0.1) is 0 Å². The molecular weight excluding hydrogens is 370 g/mol. The second kappa shape index (κ2) is 7.87. The summed E-state index contributed by atoms with van der Waals surface area (Å²) in [6, 6.07) is 12.1. The Hall–Kier alpha value is -3.48. The van der Waals surface area contributed by atoms with Crippen molar-refractivity contribution in [3.63, 3.8) is 0 Å². The van der Waals surface area contributed by atoms with Gasteiger partial charge in [-0.2, -0.15) is 0 Å². The number of fused-ring (bicyclic) bond motifs is 2. The summed E-state index contributed by atoms with van der Waals surface area (Å²) >= 11 is 0. The Morgan fingerprint density at radius 3 is 2.72 bits per heavy atom. The second-order valence-electron chi connectivity index (χ2n) is 7.00. The Labute approximate surface area is 167 Å². The Balaban J connectivity index is 1.42. The number of carbonyl (C=O) groups is 2. The Morgan fingerprint density at radius 1 is 1.17 bits per heavy atom. The smallest absolute Gasteiger partial charge is 0.338 e. The average molecular weight is 391 g/mol. The molecule has 1 aliphatic rings. The highest BCUT2D eigenvalue weighted by atomic mass is 16.5. The van der Waals surface area contributed by atoms with Gasteiger partial charge in [-0.1, -0.05) is 19.1 Å². The minimum absolute atomic E-state index is 0.0871. The Bertz CT molecular complexity index is 1150. The van der Waals surface area contributed by atoms with E-state index in [1.54, 1.807) is 16.7 Å². The molecule has 0 saturated carbocycles. The summed E-state index contributed by atoms with van der Waals surface area (Å²) in [6.07, 6.45) is 2.56. The molecule has 1 aliphatic heterocycles. The van der Waals surface area contributed by atoms with Crippen LogP contribution in [0.25, 0.3) is 10.9 Å². The number of ether oxygens (including phenoxy) is 1. The number of nitrogens with one attached hydrogen (secondary N) is 1.